The third-order valence-corrected chi connectivity index (χ3v) is 2.13. The van der Waals surface area contributed by atoms with Crippen LogP contribution >= 0.6 is 0 Å². The number of para-hydroxylation sites is 1. The van der Waals surface area contributed by atoms with E-state index in [0.29, 0.717) is 5.92 Å². The molecule has 0 saturated heterocycles. The van der Waals surface area contributed by atoms with Gasteiger partial charge in [-0.25, -0.2) is 0 Å². The second-order valence-electron chi connectivity index (χ2n) is 3.44. The zero-order valence-electron chi connectivity index (χ0n) is 11.2. The van der Waals surface area contributed by atoms with Gasteiger partial charge in [-0.1, -0.05) is 25.1 Å². The van der Waals surface area contributed by atoms with Crippen molar-refractivity contribution >= 4 is 0 Å². The van der Waals surface area contributed by atoms with Crippen molar-refractivity contribution in [1.29, 1.82) is 0 Å². The molecule has 16 heavy (non-hydrogen) atoms. The standard InChI is InChI=1S/C11H15O.C3H7.Zn/c1-4-9(2)10-7-5-6-8-11(10)12-3;1-3-2;/h4-9H,1-3H3;3H,1-2H3;/q2*-1;+2/t9-;;/m0../s1. The molecule has 0 spiro atoms. The van der Waals surface area contributed by atoms with Gasteiger partial charge in [0.1, 0.15) is 5.75 Å². The average Bonchev–Trinajstić information content (AvgIpc) is 2.29. The molecule has 0 aliphatic heterocycles. The third-order valence-electron chi connectivity index (χ3n) is 2.13. The van der Waals surface area contributed by atoms with E-state index in [1.807, 2.05) is 38.5 Å². The number of hydrogen-bond donors (Lipinski definition) is 0. The Labute approximate surface area is 113 Å². The minimum atomic E-state index is 0. The molecule has 0 aliphatic rings. The maximum atomic E-state index is 5.25. The number of ether oxygens (including phenoxy) is 1. The molecule has 0 heterocycles. The van der Waals surface area contributed by atoms with Crippen LogP contribution in [-0.4, -0.2) is 7.11 Å². The van der Waals surface area contributed by atoms with Crippen LogP contribution in [0, 0.1) is 12.8 Å². The predicted octanol–water partition coefficient (Wildman–Crippen LogP) is 4.25. The fraction of sp³-hybridized carbons (Fsp3) is 0.429. The Morgan fingerprint density at radius 1 is 1.12 bits per heavy atom. The maximum Gasteiger partial charge on any atom is 2.00 e. The summed E-state index contributed by atoms with van der Waals surface area (Å²) < 4.78 is 5.25. The largest absolute Gasteiger partial charge is 2.00 e. The molecule has 0 radical (unpaired) electrons. The molecule has 1 aromatic carbocycles. The molecule has 2 heteroatoms. The van der Waals surface area contributed by atoms with Gasteiger partial charge in [-0.05, 0) is 11.6 Å². The van der Waals surface area contributed by atoms with Crippen LogP contribution in [0.15, 0.2) is 24.3 Å². The summed E-state index contributed by atoms with van der Waals surface area (Å²) in [5.41, 5.74) is 1.25. The molecule has 1 aromatic rings. The minimum absolute atomic E-state index is 0. The molecule has 0 unspecified atom stereocenters. The van der Waals surface area contributed by atoms with E-state index in [0.717, 1.165) is 5.75 Å². The summed E-state index contributed by atoms with van der Waals surface area (Å²) in [6, 6.07) is 8.13. The average molecular weight is 272 g/mol. The first-order valence-corrected chi connectivity index (χ1v) is 5.37. The molecule has 0 amide bonds. The number of hydrogen-bond acceptors (Lipinski definition) is 1. The minimum Gasteiger partial charge on any atom is -0.497 e. The van der Waals surface area contributed by atoms with Crippen LogP contribution in [0.1, 0.15) is 39.2 Å². The van der Waals surface area contributed by atoms with Crippen molar-refractivity contribution in [2.45, 2.75) is 33.6 Å². The SMILES string of the molecule is C[CH-]C.C[CH-][C@H](C)c1ccccc1OC.[Zn+2]. The van der Waals surface area contributed by atoms with Crippen LogP contribution in [0.5, 0.6) is 5.75 Å². The Morgan fingerprint density at radius 3 is 2.06 bits per heavy atom. The van der Waals surface area contributed by atoms with E-state index in [1.54, 1.807) is 7.11 Å². The van der Waals surface area contributed by atoms with Crippen LogP contribution in [0.25, 0.3) is 0 Å². The first kappa shape index (κ1) is 18.0. The molecule has 0 fully saturated rings. The molecule has 1 rings (SSSR count). The zero-order chi connectivity index (χ0) is 11.7. The summed E-state index contributed by atoms with van der Waals surface area (Å²) in [6.45, 7) is 8.23. The molecule has 1 atom stereocenters. The molecule has 0 N–H and O–H groups in total. The van der Waals surface area contributed by atoms with Crippen molar-refractivity contribution in [3.63, 3.8) is 0 Å². The van der Waals surface area contributed by atoms with Crippen LogP contribution in [0.4, 0.5) is 0 Å². The smallest absolute Gasteiger partial charge is 0.497 e. The van der Waals surface area contributed by atoms with Crippen LogP contribution < -0.4 is 4.74 Å². The third kappa shape index (κ3) is 6.27. The van der Waals surface area contributed by atoms with Crippen molar-refractivity contribution in [2.75, 3.05) is 7.11 Å². The molecule has 0 aliphatic carbocycles. The van der Waals surface area contributed by atoms with Gasteiger partial charge in [-0.15, -0.1) is 5.92 Å². The Balaban J connectivity index is 0. The summed E-state index contributed by atoms with van der Waals surface area (Å²) in [5.74, 6) is 1.43. The molecular weight excluding hydrogens is 250 g/mol. The Kier molecular flexibility index (Phi) is 12.5. The van der Waals surface area contributed by atoms with Gasteiger partial charge in [0, 0.05) is 0 Å². The van der Waals surface area contributed by atoms with E-state index in [-0.39, 0.29) is 19.5 Å². The van der Waals surface area contributed by atoms with E-state index in [4.69, 9.17) is 4.74 Å². The first-order valence-electron chi connectivity index (χ1n) is 5.37. The number of methoxy groups -OCH3 is 1. The van der Waals surface area contributed by atoms with Gasteiger partial charge in [0.2, 0.25) is 0 Å². The quantitative estimate of drug-likeness (QED) is 0.590. The van der Waals surface area contributed by atoms with E-state index < -0.39 is 0 Å². The second-order valence-corrected chi connectivity index (χ2v) is 3.44. The van der Waals surface area contributed by atoms with Crippen molar-refractivity contribution in [3.05, 3.63) is 42.7 Å². The van der Waals surface area contributed by atoms with Gasteiger partial charge in [0.15, 0.2) is 0 Å². The number of benzene rings is 1. The van der Waals surface area contributed by atoms with E-state index in [2.05, 4.69) is 26.3 Å². The summed E-state index contributed by atoms with van der Waals surface area (Å²) in [7, 11) is 1.71. The molecule has 0 bridgehead atoms. The van der Waals surface area contributed by atoms with E-state index in [1.165, 1.54) is 5.56 Å². The summed E-state index contributed by atoms with van der Waals surface area (Å²) in [4.78, 5) is 0. The Bertz CT molecular complexity index is 261. The summed E-state index contributed by atoms with van der Waals surface area (Å²) >= 11 is 0. The number of rotatable bonds is 3. The monoisotopic (exact) mass is 270 g/mol. The van der Waals surface area contributed by atoms with E-state index in [9.17, 15) is 0 Å². The summed E-state index contributed by atoms with van der Waals surface area (Å²) in [6.07, 6.45) is 4.16. The topological polar surface area (TPSA) is 9.23 Å². The van der Waals surface area contributed by atoms with Crippen molar-refractivity contribution in [3.8, 4) is 5.75 Å². The van der Waals surface area contributed by atoms with Crippen LogP contribution in [0.3, 0.4) is 0 Å². The van der Waals surface area contributed by atoms with Crippen molar-refractivity contribution < 1.29 is 24.2 Å². The van der Waals surface area contributed by atoms with Gasteiger partial charge < -0.3 is 17.6 Å². The maximum absolute atomic E-state index is 5.25. The first-order chi connectivity index (χ1) is 7.21. The fourth-order valence-corrected chi connectivity index (χ4v) is 1.22. The Morgan fingerprint density at radius 2 is 1.62 bits per heavy atom. The van der Waals surface area contributed by atoms with Gasteiger partial charge in [0.05, 0.1) is 7.11 Å². The normalized spacial score (nSPS) is 10.6. The van der Waals surface area contributed by atoms with Gasteiger partial charge in [-0.2, -0.15) is 20.8 Å². The fourth-order valence-electron chi connectivity index (χ4n) is 1.22. The van der Waals surface area contributed by atoms with Crippen LogP contribution in [0.2, 0.25) is 0 Å². The van der Waals surface area contributed by atoms with E-state index >= 15 is 0 Å². The molecule has 0 aromatic heterocycles. The predicted molar refractivity (Wildman–Crippen MR) is 67.0 cm³/mol. The van der Waals surface area contributed by atoms with Crippen molar-refractivity contribution in [1.82, 2.24) is 0 Å². The van der Waals surface area contributed by atoms with Gasteiger partial charge in [-0.3, -0.25) is 0 Å². The zero-order valence-corrected chi connectivity index (χ0v) is 14.1. The molecule has 1 nitrogen and oxygen atoms in total. The van der Waals surface area contributed by atoms with Gasteiger partial charge in [0.25, 0.3) is 0 Å². The van der Waals surface area contributed by atoms with Crippen LogP contribution in [-0.2, 0) is 19.5 Å². The summed E-state index contributed by atoms with van der Waals surface area (Å²) in [5, 5.41) is 0. The second kappa shape index (κ2) is 11.1. The Hall–Kier alpha value is -0.357. The molecular formula is C14H22OZn. The van der Waals surface area contributed by atoms with Gasteiger partial charge >= 0.3 is 19.5 Å². The van der Waals surface area contributed by atoms with Crippen molar-refractivity contribution in [2.24, 2.45) is 0 Å². The molecule has 0 saturated carbocycles. The molecule has 86 valence electrons.